The van der Waals surface area contributed by atoms with E-state index in [1.807, 2.05) is 12.1 Å². The number of nitrogens with one attached hydrogen (secondary N) is 1. The van der Waals surface area contributed by atoms with Crippen molar-refractivity contribution in [2.45, 2.75) is 23.9 Å². The predicted octanol–water partition coefficient (Wildman–Crippen LogP) is 3.10. The number of thioether (sulfide) groups is 1. The number of rotatable bonds is 4. The fraction of sp³-hybridized carbons (Fsp3) is 0.250. The van der Waals surface area contributed by atoms with Gasteiger partial charge in [-0.15, -0.1) is 10.2 Å². The van der Waals surface area contributed by atoms with Gasteiger partial charge in [0.25, 0.3) is 0 Å². The third kappa shape index (κ3) is 3.54. The molecule has 1 aromatic heterocycles. The summed E-state index contributed by atoms with van der Waals surface area (Å²) in [6.07, 6.45) is 0. The molecule has 1 amide bonds. The van der Waals surface area contributed by atoms with Gasteiger partial charge in [0.05, 0.1) is 0 Å². The molecule has 0 aliphatic rings. The molecule has 0 saturated carbocycles. The third-order valence-electron chi connectivity index (χ3n) is 2.30. The number of anilines is 1. The van der Waals surface area contributed by atoms with Crippen molar-refractivity contribution in [3.63, 3.8) is 0 Å². The smallest absolute Gasteiger partial charge is 0.223 e. The maximum atomic E-state index is 10.9. The van der Waals surface area contributed by atoms with Crippen LogP contribution in [0, 0.1) is 6.92 Å². The van der Waals surface area contributed by atoms with Crippen LogP contribution in [0.15, 0.2) is 28.6 Å². The molecule has 2 aromatic rings. The minimum absolute atomic E-state index is 0.124. The molecule has 0 radical (unpaired) electrons. The second-order valence-electron chi connectivity index (χ2n) is 3.77. The summed E-state index contributed by atoms with van der Waals surface area (Å²) >= 11 is 3.02. The average Bonchev–Trinajstić information content (AvgIpc) is 2.75. The summed E-state index contributed by atoms with van der Waals surface area (Å²) in [5.74, 6) is 0.739. The number of hydrogen-bond donors (Lipinski definition) is 1. The number of carbonyl (C=O) groups is 1. The maximum absolute atomic E-state index is 10.9. The van der Waals surface area contributed by atoms with Crippen molar-refractivity contribution < 1.29 is 4.79 Å². The molecule has 18 heavy (non-hydrogen) atoms. The van der Waals surface area contributed by atoms with Gasteiger partial charge in [-0.2, -0.15) is 0 Å². The van der Waals surface area contributed by atoms with Crippen LogP contribution in [-0.4, -0.2) is 16.1 Å². The van der Waals surface area contributed by atoms with E-state index >= 15 is 0 Å². The van der Waals surface area contributed by atoms with Crippen LogP contribution in [0.2, 0.25) is 0 Å². The molecule has 0 aliphatic carbocycles. The first kappa shape index (κ1) is 13.0. The van der Waals surface area contributed by atoms with Gasteiger partial charge in [0.2, 0.25) is 11.0 Å². The number of amides is 1. The van der Waals surface area contributed by atoms with Crippen LogP contribution in [0.5, 0.6) is 0 Å². The van der Waals surface area contributed by atoms with Gasteiger partial charge in [0.1, 0.15) is 0 Å². The molecule has 1 N–H and O–H groups in total. The molecule has 0 bridgehead atoms. The highest BCUT2D eigenvalue weighted by Crippen LogP contribution is 2.28. The Morgan fingerprint density at radius 2 is 2.17 bits per heavy atom. The lowest BCUT2D eigenvalue weighted by molar-refractivity contribution is -0.114. The van der Waals surface area contributed by atoms with Crippen molar-refractivity contribution in [2.75, 3.05) is 5.32 Å². The number of carbonyl (C=O) groups excluding carboxylic acids is 1. The van der Waals surface area contributed by atoms with E-state index in [2.05, 4.69) is 34.6 Å². The van der Waals surface area contributed by atoms with Gasteiger partial charge in [0, 0.05) is 12.7 Å². The number of nitrogens with zero attached hydrogens (tertiary/aromatic N) is 2. The van der Waals surface area contributed by atoms with Crippen LogP contribution in [0.4, 0.5) is 5.13 Å². The Morgan fingerprint density at radius 3 is 2.89 bits per heavy atom. The van der Waals surface area contributed by atoms with E-state index in [0.717, 1.165) is 10.1 Å². The van der Waals surface area contributed by atoms with Crippen molar-refractivity contribution in [1.82, 2.24) is 10.2 Å². The third-order valence-corrected chi connectivity index (χ3v) is 4.32. The molecular formula is C12H13N3OS2. The molecule has 1 heterocycles. The normalized spacial score (nSPS) is 10.3. The molecule has 4 nitrogen and oxygen atoms in total. The quantitative estimate of drug-likeness (QED) is 0.690. The van der Waals surface area contributed by atoms with Crippen molar-refractivity contribution in [3.8, 4) is 0 Å². The molecule has 1 aromatic carbocycles. The Morgan fingerprint density at radius 1 is 1.39 bits per heavy atom. The molecule has 0 aliphatic heterocycles. The number of hydrogen-bond acceptors (Lipinski definition) is 5. The zero-order chi connectivity index (χ0) is 13.0. The van der Waals surface area contributed by atoms with Crippen LogP contribution in [-0.2, 0) is 10.5 Å². The summed E-state index contributed by atoms with van der Waals surface area (Å²) in [6, 6.07) is 8.27. The molecule has 0 spiro atoms. The lowest BCUT2D eigenvalue weighted by Gasteiger charge is -2.02. The van der Waals surface area contributed by atoms with Crippen molar-refractivity contribution >= 4 is 34.1 Å². The summed E-state index contributed by atoms with van der Waals surface area (Å²) in [5, 5.41) is 11.1. The second kappa shape index (κ2) is 5.97. The van der Waals surface area contributed by atoms with Gasteiger partial charge < -0.3 is 5.32 Å². The zero-order valence-electron chi connectivity index (χ0n) is 10.1. The summed E-state index contributed by atoms with van der Waals surface area (Å²) in [5.41, 5.74) is 2.57. The summed E-state index contributed by atoms with van der Waals surface area (Å²) < 4.78 is 0.863. The molecular weight excluding hydrogens is 266 g/mol. The monoisotopic (exact) mass is 279 g/mol. The largest absolute Gasteiger partial charge is 0.301 e. The molecule has 0 unspecified atom stereocenters. The van der Waals surface area contributed by atoms with E-state index in [9.17, 15) is 4.79 Å². The summed E-state index contributed by atoms with van der Waals surface area (Å²) in [6.45, 7) is 3.56. The fourth-order valence-corrected chi connectivity index (χ4v) is 3.25. The minimum atomic E-state index is -0.124. The SMILES string of the molecule is CC(=O)Nc1nnc(SCc2ccccc2C)s1. The van der Waals surface area contributed by atoms with Crippen molar-refractivity contribution in [2.24, 2.45) is 0 Å². The lowest BCUT2D eigenvalue weighted by Crippen LogP contribution is -2.04. The highest BCUT2D eigenvalue weighted by Gasteiger charge is 2.06. The molecule has 94 valence electrons. The molecule has 2 rings (SSSR count). The Bertz CT molecular complexity index is 554. The first-order valence-corrected chi connectivity index (χ1v) is 7.24. The summed E-state index contributed by atoms with van der Waals surface area (Å²) in [7, 11) is 0. The van der Waals surface area contributed by atoms with Crippen LogP contribution < -0.4 is 5.32 Å². The van der Waals surface area contributed by atoms with Crippen molar-refractivity contribution in [3.05, 3.63) is 35.4 Å². The van der Waals surface area contributed by atoms with E-state index in [1.165, 1.54) is 29.4 Å². The topological polar surface area (TPSA) is 54.9 Å². The summed E-state index contributed by atoms with van der Waals surface area (Å²) in [4.78, 5) is 10.9. The Kier molecular flexibility index (Phi) is 4.33. The Labute approximate surface area is 114 Å². The van der Waals surface area contributed by atoms with Crippen molar-refractivity contribution in [1.29, 1.82) is 0 Å². The van der Waals surface area contributed by atoms with Crippen LogP contribution in [0.1, 0.15) is 18.1 Å². The van der Waals surface area contributed by atoms with E-state index in [4.69, 9.17) is 0 Å². The fourth-order valence-electron chi connectivity index (χ4n) is 1.38. The zero-order valence-corrected chi connectivity index (χ0v) is 11.8. The van der Waals surface area contributed by atoms with Gasteiger partial charge in [-0.25, -0.2) is 0 Å². The van der Waals surface area contributed by atoms with Gasteiger partial charge >= 0.3 is 0 Å². The maximum Gasteiger partial charge on any atom is 0.223 e. The van der Waals surface area contributed by atoms with Gasteiger partial charge in [0.15, 0.2) is 4.34 Å². The average molecular weight is 279 g/mol. The predicted molar refractivity (Wildman–Crippen MR) is 75.0 cm³/mol. The molecule has 0 saturated heterocycles. The highest BCUT2D eigenvalue weighted by molar-refractivity contribution is 8.00. The van der Waals surface area contributed by atoms with E-state index in [1.54, 1.807) is 11.8 Å². The minimum Gasteiger partial charge on any atom is -0.301 e. The van der Waals surface area contributed by atoms with Gasteiger partial charge in [-0.05, 0) is 18.1 Å². The molecule has 0 fully saturated rings. The first-order chi connectivity index (χ1) is 8.65. The highest BCUT2D eigenvalue weighted by atomic mass is 32.2. The standard InChI is InChI=1S/C12H13N3OS2/c1-8-5-3-4-6-10(8)7-17-12-15-14-11(18-12)13-9(2)16/h3-6H,7H2,1-2H3,(H,13,14,16). The van der Waals surface area contributed by atoms with E-state index in [-0.39, 0.29) is 5.91 Å². The van der Waals surface area contributed by atoms with E-state index in [0.29, 0.717) is 5.13 Å². The number of aryl methyl sites for hydroxylation is 1. The number of benzene rings is 1. The second-order valence-corrected chi connectivity index (χ2v) is 5.97. The van der Waals surface area contributed by atoms with E-state index < -0.39 is 0 Å². The Hall–Kier alpha value is -1.40. The van der Waals surface area contributed by atoms with Gasteiger partial charge in [-0.1, -0.05) is 47.4 Å². The molecule has 6 heteroatoms. The van der Waals surface area contributed by atoms with Gasteiger partial charge in [-0.3, -0.25) is 4.79 Å². The van der Waals surface area contributed by atoms with Crippen LogP contribution >= 0.6 is 23.1 Å². The van der Waals surface area contributed by atoms with Crippen LogP contribution in [0.25, 0.3) is 0 Å². The number of aromatic nitrogens is 2. The first-order valence-electron chi connectivity index (χ1n) is 5.43. The lowest BCUT2D eigenvalue weighted by atomic mass is 10.1. The van der Waals surface area contributed by atoms with Crippen LogP contribution in [0.3, 0.4) is 0 Å². The molecule has 0 atom stereocenters. The Balaban J connectivity index is 1.96.